The number of fused-ring (bicyclic) bond motifs is 1. The Hall–Kier alpha value is -1.58. The molecule has 0 atom stereocenters. The van der Waals surface area contributed by atoms with Gasteiger partial charge in [0.25, 0.3) is 5.56 Å². The van der Waals surface area contributed by atoms with Gasteiger partial charge in [-0.3, -0.25) is 14.6 Å². The first kappa shape index (κ1) is 8.99. The number of aromatic nitrogens is 2. The van der Waals surface area contributed by atoms with Crippen LogP contribution >= 0.6 is 0 Å². The van der Waals surface area contributed by atoms with Gasteiger partial charge in [0.15, 0.2) is 0 Å². The lowest BCUT2D eigenvalue weighted by Gasteiger charge is -2.07. The first-order valence-electron chi connectivity index (χ1n) is 4.49. The van der Waals surface area contributed by atoms with Crippen molar-refractivity contribution in [2.24, 2.45) is 0 Å². The smallest absolute Gasteiger partial charge is 0.271 e. The Kier molecular flexibility index (Phi) is 1.91. The number of aromatic amines is 1. The Balaban J connectivity index is 2.86. The van der Waals surface area contributed by atoms with Gasteiger partial charge in [-0.05, 0) is 32.0 Å². The van der Waals surface area contributed by atoms with Gasteiger partial charge in [-0.25, -0.2) is 4.39 Å². The molecule has 1 aromatic heterocycles. The number of hydrogen-bond acceptors (Lipinski definition) is 1. The molecule has 0 spiro atoms. The molecule has 0 bridgehead atoms. The lowest BCUT2D eigenvalue weighted by molar-refractivity contribution is 0.544. The minimum absolute atomic E-state index is 0.113. The number of hydrogen-bond donors (Lipinski definition) is 1. The zero-order chi connectivity index (χ0) is 10.3. The summed E-state index contributed by atoms with van der Waals surface area (Å²) in [6.45, 7) is 3.86. The predicted molar refractivity (Wildman–Crippen MR) is 52.9 cm³/mol. The maximum Gasteiger partial charge on any atom is 0.271 e. The van der Waals surface area contributed by atoms with E-state index < -0.39 is 0 Å². The van der Waals surface area contributed by atoms with Crippen molar-refractivity contribution in [3.63, 3.8) is 0 Å². The standard InChI is InChI=1S/C10H11FN2O/c1-6(2)13-9-5-7(11)3-4-8(9)10(14)12-13/h3-6H,1-2H3,(H,12,14). The third-order valence-electron chi connectivity index (χ3n) is 2.20. The molecule has 2 rings (SSSR count). The van der Waals surface area contributed by atoms with E-state index in [-0.39, 0.29) is 17.4 Å². The van der Waals surface area contributed by atoms with E-state index in [9.17, 15) is 9.18 Å². The third-order valence-corrected chi connectivity index (χ3v) is 2.20. The molecule has 0 unspecified atom stereocenters. The highest BCUT2D eigenvalue weighted by Gasteiger charge is 2.08. The normalized spacial score (nSPS) is 11.4. The van der Waals surface area contributed by atoms with Crippen molar-refractivity contribution in [1.29, 1.82) is 0 Å². The largest absolute Gasteiger partial charge is 0.282 e. The maximum absolute atomic E-state index is 13.0. The summed E-state index contributed by atoms with van der Waals surface area (Å²) < 4.78 is 14.6. The van der Waals surface area contributed by atoms with Crippen molar-refractivity contribution < 1.29 is 4.39 Å². The van der Waals surface area contributed by atoms with E-state index in [4.69, 9.17) is 0 Å². The highest BCUT2D eigenvalue weighted by Crippen LogP contribution is 2.15. The molecule has 0 aliphatic heterocycles. The second-order valence-electron chi connectivity index (χ2n) is 3.57. The Bertz CT molecular complexity index is 524. The van der Waals surface area contributed by atoms with Crippen LogP contribution in [0.3, 0.4) is 0 Å². The molecule has 1 heterocycles. The second kappa shape index (κ2) is 2.97. The summed E-state index contributed by atoms with van der Waals surface area (Å²) >= 11 is 0. The average molecular weight is 194 g/mol. The molecule has 0 saturated carbocycles. The Morgan fingerprint density at radius 1 is 1.43 bits per heavy atom. The van der Waals surface area contributed by atoms with Crippen molar-refractivity contribution in [2.45, 2.75) is 19.9 Å². The van der Waals surface area contributed by atoms with Crippen LogP contribution in [-0.4, -0.2) is 9.78 Å². The van der Waals surface area contributed by atoms with Crippen LogP contribution in [0.1, 0.15) is 19.9 Å². The van der Waals surface area contributed by atoms with E-state index in [1.807, 2.05) is 13.8 Å². The highest BCUT2D eigenvalue weighted by molar-refractivity contribution is 5.78. The Labute approximate surface area is 80.1 Å². The fourth-order valence-electron chi connectivity index (χ4n) is 1.53. The molecule has 4 heteroatoms. The number of nitrogens with one attached hydrogen (secondary N) is 1. The molecule has 0 saturated heterocycles. The molecule has 0 aliphatic carbocycles. The van der Waals surface area contributed by atoms with Gasteiger partial charge in [0.2, 0.25) is 0 Å². The summed E-state index contributed by atoms with van der Waals surface area (Å²) in [4.78, 5) is 11.4. The van der Waals surface area contributed by atoms with Gasteiger partial charge in [0.1, 0.15) is 5.82 Å². The first-order valence-corrected chi connectivity index (χ1v) is 4.49. The molecule has 1 aromatic carbocycles. The van der Waals surface area contributed by atoms with Crippen molar-refractivity contribution >= 4 is 10.9 Å². The monoisotopic (exact) mass is 194 g/mol. The van der Waals surface area contributed by atoms with E-state index in [0.29, 0.717) is 10.9 Å². The van der Waals surface area contributed by atoms with Gasteiger partial charge >= 0.3 is 0 Å². The van der Waals surface area contributed by atoms with Gasteiger partial charge in [-0.15, -0.1) is 0 Å². The minimum Gasteiger partial charge on any atom is -0.282 e. The predicted octanol–water partition coefficient (Wildman–Crippen LogP) is 2.05. The third kappa shape index (κ3) is 1.23. The summed E-state index contributed by atoms with van der Waals surface area (Å²) in [6, 6.07) is 4.28. The zero-order valence-corrected chi connectivity index (χ0v) is 8.04. The number of H-pyrrole nitrogens is 1. The van der Waals surface area contributed by atoms with Crippen LogP contribution in [0.5, 0.6) is 0 Å². The van der Waals surface area contributed by atoms with Gasteiger partial charge < -0.3 is 0 Å². The minimum atomic E-state index is -0.328. The molecular weight excluding hydrogens is 183 g/mol. The van der Waals surface area contributed by atoms with E-state index in [0.717, 1.165) is 0 Å². The highest BCUT2D eigenvalue weighted by atomic mass is 19.1. The number of rotatable bonds is 1. The molecule has 0 radical (unpaired) electrons. The Morgan fingerprint density at radius 2 is 2.14 bits per heavy atom. The summed E-state index contributed by atoms with van der Waals surface area (Å²) in [6.07, 6.45) is 0. The molecule has 2 aromatic rings. The fraction of sp³-hybridized carbons (Fsp3) is 0.300. The van der Waals surface area contributed by atoms with Gasteiger partial charge in [-0.2, -0.15) is 0 Å². The number of nitrogens with zero attached hydrogens (tertiary/aromatic N) is 1. The first-order chi connectivity index (χ1) is 6.59. The van der Waals surface area contributed by atoms with Crippen LogP contribution in [-0.2, 0) is 0 Å². The quantitative estimate of drug-likeness (QED) is 0.741. The van der Waals surface area contributed by atoms with Crippen LogP contribution in [0.25, 0.3) is 10.9 Å². The van der Waals surface area contributed by atoms with Crippen LogP contribution in [0.15, 0.2) is 23.0 Å². The summed E-state index contributed by atoms with van der Waals surface area (Å²) in [5, 5.41) is 3.20. The molecule has 0 fully saturated rings. The number of halogens is 1. The van der Waals surface area contributed by atoms with Crippen molar-refractivity contribution in [3.8, 4) is 0 Å². The lowest BCUT2D eigenvalue weighted by Crippen LogP contribution is -2.07. The zero-order valence-electron chi connectivity index (χ0n) is 8.04. The fourth-order valence-corrected chi connectivity index (χ4v) is 1.53. The van der Waals surface area contributed by atoms with E-state index in [2.05, 4.69) is 5.10 Å². The molecule has 14 heavy (non-hydrogen) atoms. The molecule has 1 N–H and O–H groups in total. The molecule has 0 amide bonds. The Morgan fingerprint density at radius 3 is 2.79 bits per heavy atom. The van der Waals surface area contributed by atoms with Crippen LogP contribution in [0, 0.1) is 5.82 Å². The number of benzene rings is 1. The van der Waals surface area contributed by atoms with Crippen LogP contribution in [0.2, 0.25) is 0 Å². The lowest BCUT2D eigenvalue weighted by atomic mass is 10.2. The average Bonchev–Trinajstić information content (AvgIpc) is 2.43. The topological polar surface area (TPSA) is 37.8 Å². The van der Waals surface area contributed by atoms with E-state index in [1.54, 1.807) is 4.68 Å². The van der Waals surface area contributed by atoms with Gasteiger partial charge in [-0.1, -0.05) is 0 Å². The maximum atomic E-state index is 13.0. The molecule has 3 nitrogen and oxygen atoms in total. The van der Waals surface area contributed by atoms with E-state index >= 15 is 0 Å². The van der Waals surface area contributed by atoms with Crippen LogP contribution < -0.4 is 5.56 Å². The second-order valence-corrected chi connectivity index (χ2v) is 3.57. The van der Waals surface area contributed by atoms with E-state index in [1.165, 1.54) is 18.2 Å². The van der Waals surface area contributed by atoms with Gasteiger partial charge in [0.05, 0.1) is 10.9 Å². The van der Waals surface area contributed by atoms with Gasteiger partial charge in [0, 0.05) is 6.04 Å². The summed E-state index contributed by atoms with van der Waals surface area (Å²) in [7, 11) is 0. The molecule has 0 aliphatic rings. The van der Waals surface area contributed by atoms with Crippen molar-refractivity contribution in [2.75, 3.05) is 0 Å². The SMILES string of the molecule is CC(C)n1[nH]c(=O)c2ccc(F)cc21. The summed E-state index contributed by atoms with van der Waals surface area (Å²) in [5.41, 5.74) is 0.443. The summed E-state index contributed by atoms with van der Waals surface area (Å²) in [5.74, 6) is -0.328. The van der Waals surface area contributed by atoms with Crippen molar-refractivity contribution in [1.82, 2.24) is 9.78 Å². The van der Waals surface area contributed by atoms with Crippen LogP contribution in [0.4, 0.5) is 4.39 Å². The van der Waals surface area contributed by atoms with Crippen molar-refractivity contribution in [3.05, 3.63) is 34.4 Å². The molecular formula is C10H11FN2O. The molecule has 74 valence electrons.